The third-order valence-electron chi connectivity index (χ3n) is 6.30. The van der Waals surface area contributed by atoms with Crippen molar-refractivity contribution in [3.05, 3.63) is 52.5 Å². The Morgan fingerprint density at radius 1 is 1.22 bits per heavy atom. The third-order valence-corrected chi connectivity index (χ3v) is 7.04. The van der Waals surface area contributed by atoms with Crippen LogP contribution >= 0.6 is 11.3 Å². The van der Waals surface area contributed by atoms with Gasteiger partial charge in [-0.3, -0.25) is 4.98 Å². The van der Waals surface area contributed by atoms with Crippen LogP contribution in [0.3, 0.4) is 0 Å². The van der Waals surface area contributed by atoms with Crippen LogP contribution in [0.5, 0.6) is 0 Å². The number of thiophene rings is 1. The van der Waals surface area contributed by atoms with Gasteiger partial charge in [-0.2, -0.15) is 24.5 Å². The Labute approximate surface area is 190 Å². The second kappa shape index (κ2) is 10.8. The molecule has 2 aliphatic rings. The van der Waals surface area contributed by atoms with Crippen LogP contribution in [0.1, 0.15) is 56.2 Å². The van der Waals surface area contributed by atoms with Gasteiger partial charge < -0.3 is 15.2 Å². The molecule has 0 radical (unpaired) electrons. The molecule has 1 saturated heterocycles. The van der Waals surface area contributed by atoms with E-state index in [0.29, 0.717) is 0 Å². The molecule has 0 aromatic carbocycles. The summed E-state index contributed by atoms with van der Waals surface area (Å²) in [5.41, 5.74) is 2.92. The lowest BCUT2D eigenvalue weighted by molar-refractivity contribution is -0.192. The second-order valence-corrected chi connectivity index (χ2v) is 9.30. The normalized spacial score (nSPS) is 22.3. The van der Waals surface area contributed by atoms with Crippen molar-refractivity contribution in [2.24, 2.45) is 0 Å². The van der Waals surface area contributed by atoms with Gasteiger partial charge in [0.2, 0.25) is 0 Å². The lowest BCUT2D eigenvalue weighted by Crippen LogP contribution is -2.47. The van der Waals surface area contributed by atoms with E-state index in [1.807, 2.05) is 12.3 Å². The van der Waals surface area contributed by atoms with Gasteiger partial charge in [-0.1, -0.05) is 18.9 Å². The Kier molecular flexibility index (Phi) is 8.30. The minimum Gasteiger partial charge on any atom is -0.475 e. The fourth-order valence-electron chi connectivity index (χ4n) is 4.75. The van der Waals surface area contributed by atoms with Crippen LogP contribution in [0, 0.1) is 0 Å². The molecule has 1 atom stereocenters. The van der Waals surface area contributed by atoms with Crippen molar-refractivity contribution in [1.82, 2.24) is 10.3 Å². The molecule has 1 saturated carbocycles. The number of hydrogen-bond acceptors (Lipinski definition) is 5. The highest BCUT2D eigenvalue weighted by Crippen LogP contribution is 2.49. The Morgan fingerprint density at radius 3 is 2.56 bits per heavy atom. The van der Waals surface area contributed by atoms with Crippen LogP contribution in [0.2, 0.25) is 0 Å². The van der Waals surface area contributed by atoms with Crippen molar-refractivity contribution >= 4 is 17.3 Å². The summed E-state index contributed by atoms with van der Waals surface area (Å²) in [4.78, 5) is 13.7. The fraction of sp³-hybridized carbons (Fsp3) is 0.565. The first kappa shape index (κ1) is 24.7. The van der Waals surface area contributed by atoms with Crippen molar-refractivity contribution in [3.8, 4) is 0 Å². The summed E-state index contributed by atoms with van der Waals surface area (Å²) in [6, 6.07) is 8.59. The van der Waals surface area contributed by atoms with Gasteiger partial charge in [0, 0.05) is 30.5 Å². The largest absolute Gasteiger partial charge is 0.490 e. The maximum atomic E-state index is 10.6. The van der Waals surface area contributed by atoms with E-state index in [1.165, 1.54) is 36.9 Å². The molecule has 4 rings (SSSR count). The highest BCUT2D eigenvalue weighted by molar-refractivity contribution is 7.07. The maximum Gasteiger partial charge on any atom is 0.490 e. The topological polar surface area (TPSA) is 71.5 Å². The number of rotatable bonds is 6. The average Bonchev–Trinajstić information content (AvgIpc) is 3.44. The van der Waals surface area contributed by atoms with E-state index in [0.717, 1.165) is 39.0 Å². The number of pyridine rings is 1. The number of halogens is 3. The summed E-state index contributed by atoms with van der Waals surface area (Å²) in [7, 11) is 0. The summed E-state index contributed by atoms with van der Waals surface area (Å²) in [6.07, 6.45) is 5.31. The number of alkyl halides is 3. The number of nitrogens with zero attached hydrogens (tertiary/aromatic N) is 1. The minimum atomic E-state index is -5.08. The first-order valence-electron chi connectivity index (χ1n) is 10.8. The number of carboxylic acid groups (broad SMARTS) is 1. The van der Waals surface area contributed by atoms with Crippen molar-refractivity contribution in [2.45, 2.75) is 68.7 Å². The summed E-state index contributed by atoms with van der Waals surface area (Å²) < 4.78 is 38.1. The van der Waals surface area contributed by atoms with Gasteiger partial charge in [0.05, 0.1) is 5.60 Å². The second-order valence-electron chi connectivity index (χ2n) is 8.52. The molecule has 176 valence electrons. The van der Waals surface area contributed by atoms with Crippen molar-refractivity contribution in [3.63, 3.8) is 0 Å². The zero-order valence-corrected chi connectivity index (χ0v) is 18.7. The molecule has 9 heteroatoms. The first-order chi connectivity index (χ1) is 15.2. The van der Waals surface area contributed by atoms with E-state index in [9.17, 15) is 13.2 Å². The number of nitrogens with one attached hydrogen (secondary N) is 1. The summed E-state index contributed by atoms with van der Waals surface area (Å²) in [6.45, 7) is 2.87. The smallest absolute Gasteiger partial charge is 0.475 e. The van der Waals surface area contributed by atoms with Gasteiger partial charge in [0.15, 0.2) is 0 Å². The van der Waals surface area contributed by atoms with Crippen LogP contribution in [0.15, 0.2) is 41.2 Å². The predicted molar refractivity (Wildman–Crippen MR) is 117 cm³/mol. The van der Waals surface area contributed by atoms with Gasteiger partial charge >= 0.3 is 12.1 Å². The number of aliphatic carboxylic acids is 1. The monoisotopic (exact) mass is 470 g/mol. The van der Waals surface area contributed by atoms with Gasteiger partial charge in [-0.15, -0.1) is 0 Å². The predicted octanol–water partition coefficient (Wildman–Crippen LogP) is 5.32. The molecule has 2 N–H and O–H groups in total. The Hall–Kier alpha value is -1.97. The number of carboxylic acids is 1. The Morgan fingerprint density at radius 2 is 1.97 bits per heavy atom. The van der Waals surface area contributed by atoms with Crippen LogP contribution in [0.25, 0.3) is 0 Å². The summed E-state index contributed by atoms with van der Waals surface area (Å²) in [5, 5.41) is 15.1. The molecule has 0 bridgehead atoms. The summed E-state index contributed by atoms with van der Waals surface area (Å²) >= 11 is 1.77. The Balaban J connectivity index is 0.000000360. The van der Waals surface area contributed by atoms with Gasteiger partial charge in [0.25, 0.3) is 0 Å². The molecule has 1 aliphatic heterocycles. The molecule has 2 fully saturated rings. The molecular weight excluding hydrogens is 441 g/mol. The van der Waals surface area contributed by atoms with Gasteiger partial charge in [0.1, 0.15) is 0 Å². The standard InChI is InChI=1S/C21H28N2OS.C2HF3O2/c1-4-11-23-19(5-1)20(9-12-22-15-18-6-14-25-16-18)10-13-24-21(17-20)7-2-3-8-21;3-2(4,5)1(6)7/h1,4-6,11,14,16,22H,2-3,7-10,12-13,15,17H2;(H,6,7)/t20-;/m1./s1. The van der Waals surface area contributed by atoms with E-state index in [1.54, 1.807) is 11.3 Å². The Bertz CT molecular complexity index is 840. The summed E-state index contributed by atoms with van der Waals surface area (Å²) in [5.74, 6) is -2.76. The van der Waals surface area contributed by atoms with Crippen molar-refractivity contribution in [2.75, 3.05) is 13.2 Å². The van der Waals surface area contributed by atoms with Gasteiger partial charge in [-0.05, 0) is 73.2 Å². The van der Waals surface area contributed by atoms with E-state index in [4.69, 9.17) is 19.6 Å². The van der Waals surface area contributed by atoms with E-state index < -0.39 is 12.1 Å². The van der Waals surface area contributed by atoms with Gasteiger partial charge in [-0.25, -0.2) is 4.79 Å². The number of hydrogen-bond donors (Lipinski definition) is 2. The number of carbonyl (C=O) groups is 1. The molecule has 1 spiro atoms. The molecule has 3 heterocycles. The molecular formula is C23H29F3N2O3S. The van der Waals surface area contributed by atoms with Crippen LogP contribution < -0.4 is 5.32 Å². The van der Waals surface area contributed by atoms with E-state index in [2.05, 4.69) is 34.3 Å². The van der Waals surface area contributed by atoms with E-state index >= 15 is 0 Å². The lowest BCUT2D eigenvalue weighted by atomic mass is 9.68. The number of aromatic nitrogens is 1. The number of ether oxygens (including phenoxy) is 1. The first-order valence-corrected chi connectivity index (χ1v) is 11.8. The molecule has 32 heavy (non-hydrogen) atoms. The molecule has 2 aromatic heterocycles. The van der Waals surface area contributed by atoms with Crippen molar-refractivity contribution < 1.29 is 27.8 Å². The van der Waals surface area contributed by atoms with Crippen LogP contribution in [0.4, 0.5) is 13.2 Å². The zero-order chi connectivity index (χ0) is 23.1. The highest BCUT2D eigenvalue weighted by atomic mass is 32.1. The van der Waals surface area contributed by atoms with Crippen LogP contribution in [-0.2, 0) is 21.5 Å². The third kappa shape index (κ3) is 6.52. The minimum absolute atomic E-state index is 0.114. The molecule has 1 aliphatic carbocycles. The quantitative estimate of drug-likeness (QED) is 0.560. The zero-order valence-electron chi connectivity index (χ0n) is 17.9. The van der Waals surface area contributed by atoms with E-state index in [-0.39, 0.29) is 11.0 Å². The van der Waals surface area contributed by atoms with Crippen LogP contribution in [-0.4, -0.2) is 41.0 Å². The SMILES string of the molecule is O=C(O)C(F)(F)F.c1ccc([C@]2(CCNCc3ccsc3)CCOC3(CCCC3)C2)nc1. The van der Waals surface area contributed by atoms with Crippen molar-refractivity contribution in [1.29, 1.82) is 0 Å². The highest BCUT2D eigenvalue weighted by Gasteiger charge is 2.48. The molecule has 0 unspecified atom stereocenters. The molecule has 2 aromatic rings. The average molecular weight is 471 g/mol. The molecule has 5 nitrogen and oxygen atoms in total. The maximum absolute atomic E-state index is 10.6. The fourth-order valence-corrected chi connectivity index (χ4v) is 5.42. The lowest BCUT2D eigenvalue weighted by Gasteiger charge is -2.46. The molecule has 0 amide bonds.